The summed E-state index contributed by atoms with van der Waals surface area (Å²) in [6.45, 7) is 11.7. The van der Waals surface area contributed by atoms with Crippen molar-refractivity contribution < 1.29 is 28.7 Å². The quantitative estimate of drug-likeness (QED) is 0.132. The van der Waals surface area contributed by atoms with Crippen LogP contribution < -0.4 is 16.0 Å². The predicted octanol–water partition coefficient (Wildman–Crippen LogP) is 5.83. The lowest BCUT2D eigenvalue weighted by atomic mass is 10.1. The normalized spacial score (nSPS) is 12.9. The molecule has 2 aromatic carbocycles. The average molecular weight is 818 g/mol. The molecule has 5 aromatic rings. The van der Waals surface area contributed by atoms with E-state index < -0.39 is 0 Å². The van der Waals surface area contributed by atoms with Gasteiger partial charge in [0.2, 0.25) is 17.7 Å². The highest BCUT2D eigenvalue weighted by atomic mass is 32.1. The number of likely N-dealkylation sites (tertiary alicyclic amines) is 2. The van der Waals surface area contributed by atoms with Crippen LogP contribution in [0.1, 0.15) is 64.5 Å². The number of carbonyl (C=O) groups is 5. The maximum absolute atomic E-state index is 12.2. The number of aromatic nitrogens is 4. The Morgan fingerprint density at radius 3 is 1.97 bits per heavy atom. The van der Waals surface area contributed by atoms with Gasteiger partial charge in [0.1, 0.15) is 17.8 Å². The molecule has 58 heavy (non-hydrogen) atoms. The first-order valence-corrected chi connectivity index (χ1v) is 20.0. The monoisotopic (exact) mass is 817 g/mol. The minimum Gasteiger partial charge on any atom is -0.471 e. The summed E-state index contributed by atoms with van der Waals surface area (Å²) < 4.78 is 5.91. The number of hydrogen-bond acceptors (Lipinski definition) is 11. The van der Waals surface area contributed by atoms with Crippen LogP contribution >= 0.6 is 11.3 Å². The third kappa shape index (κ3) is 15.9. The number of carbonyl (C=O) groups excluding carboxylic acids is 5. The number of aromatic amines is 1. The first-order valence-electron chi connectivity index (χ1n) is 19.2. The van der Waals surface area contributed by atoms with Crippen LogP contribution in [0, 0.1) is 0 Å². The Labute approximate surface area is 345 Å². The topological polar surface area (TPSA) is 183 Å². The molecule has 2 aliphatic heterocycles. The van der Waals surface area contributed by atoms with Gasteiger partial charge in [-0.2, -0.15) is 0 Å². The summed E-state index contributed by atoms with van der Waals surface area (Å²) in [5, 5.41) is 9.84. The lowest BCUT2D eigenvalue weighted by Crippen LogP contribution is -2.38. The summed E-state index contributed by atoms with van der Waals surface area (Å²) in [6, 6.07) is 18.0. The lowest BCUT2D eigenvalue weighted by molar-refractivity contribution is -0.132. The Balaban J connectivity index is 0.000000280. The molecule has 0 aliphatic carbocycles. The number of ether oxygens (including phenoxy) is 1. The van der Waals surface area contributed by atoms with E-state index in [4.69, 9.17) is 9.59 Å². The highest BCUT2D eigenvalue weighted by Crippen LogP contribution is 2.28. The molecule has 3 amide bonds. The van der Waals surface area contributed by atoms with Crippen LogP contribution in [0.25, 0.3) is 27.5 Å². The van der Waals surface area contributed by atoms with Crippen molar-refractivity contribution in [2.45, 2.75) is 58.9 Å². The van der Waals surface area contributed by atoms with E-state index in [-0.39, 0.29) is 30.3 Å². The molecule has 3 aromatic heterocycles. The molecule has 1 unspecified atom stereocenters. The molecule has 4 N–H and O–H groups in total. The van der Waals surface area contributed by atoms with E-state index in [0.717, 1.165) is 89.9 Å². The maximum Gasteiger partial charge on any atom is 0.292 e. The van der Waals surface area contributed by atoms with Gasteiger partial charge in [0.05, 0.1) is 37.6 Å². The Hall–Kier alpha value is -5.87. The van der Waals surface area contributed by atoms with Gasteiger partial charge in [-0.25, -0.2) is 9.97 Å². The third-order valence-corrected chi connectivity index (χ3v) is 9.54. The third-order valence-electron chi connectivity index (χ3n) is 8.52. The van der Waals surface area contributed by atoms with Gasteiger partial charge in [-0.1, -0.05) is 86.2 Å². The number of thiazole rings is 1. The minimum atomic E-state index is -0.195. The number of hydrogen-bond donors (Lipinski definition) is 4. The summed E-state index contributed by atoms with van der Waals surface area (Å²) in [6.07, 6.45) is 13.3. The highest BCUT2D eigenvalue weighted by Gasteiger charge is 2.26. The van der Waals surface area contributed by atoms with Gasteiger partial charge in [-0.05, 0) is 43.9 Å². The number of amides is 3. The molecular weight excluding hydrogens is 759 g/mol. The standard InChI is InChI=1S/C15H13N5S.C13H18N2O.C8H14N2O2.C3H8.C2H4O2.CH2O/c1-16-14-8-20-7-13(19-15(20)21-14)11-4-2-10(3-5-11)12-6-17-9-18-12;1-14-12(11-7-3-2-4-8-11)13(16)15-9-5-6-10-15;1-7(11)9-6-8(12)10-4-2-3-5-10;1-3-2;1-4-2-3;1-2/h2-9,16H,1H3,(H,17,18);2-4,7-8,12,14H,5-6,9-10H2,1H3;2-6H2,1H3,(H,9,11);3H2,1-2H3;2H,1H3;1H2. The summed E-state index contributed by atoms with van der Waals surface area (Å²) in [5.74, 6) is 0.0800. The molecule has 314 valence electrons. The number of rotatable bonds is 9. The van der Waals surface area contributed by atoms with Gasteiger partial charge in [-0.15, -0.1) is 0 Å². The van der Waals surface area contributed by atoms with E-state index in [9.17, 15) is 14.4 Å². The van der Waals surface area contributed by atoms with Crippen LogP contribution in [-0.2, 0) is 28.7 Å². The number of methoxy groups -OCH3 is 1. The van der Waals surface area contributed by atoms with Gasteiger partial charge in [0.25, 0.3) is 6.47 Å². The van der Waals surface area contributed by atoms with Crippen molar-refractivity contribution >= 4 is 52.3 Å². The smallest absolute Gasteiger partial charge is 0.292 e. The van der Waals surface area contributed by atoms with Crippen LogP contribution in [0.4, 0.5) is 5.00 Å². The first kappa shape index (κ1) is 48.3. The van der Waals surface area contributed by atoms with Crippen molar-refractivity contribution in [3.8, 4) is 22.5 Å². The van der Waals surface area contributed by atoms with Crippen molar-refractivity contribution in [2.75, 3.05) is 59.2 Å². The lowest BCUT2D eigenvalue weighted by Gasteiger charge is -2.23. The number of H-pyrrole nitrogens is 1. The molecule has 0 radical (unpaired) electrons. The van der Waals surface area contributed by atoms with Crippen molar-refractivity contribution in [3.05, 3.63) is 85.1 Å². The molecule has 2 saturated heterocycles. The van der Waals surface area contributed by atoms with Crippen LogP contribution in [0.5, 0.6) is 0 Å². The Morgan fingerprint density at radius 1 is 0.914 bits per heavy atom. The summed E-state index contributed by atoms with van der Waals surface area (Å²) in [7, 11) is 5.07. The minimum absolute atomic E-state index is 0.0303. The zero-order valence-electron chi connectivity index (χ0n) is 34.5. The molecule has 0 saturated carbocycles. The molecule has 1 atom stereocenters. The molecule has 7 rings (SSSR count). The molecular formula is C42H59N9O6S. The van der Waals surface area contributed by atoms with Gasteiger partial charge >= 0.3 is 0 Å². The van der Waals surface area contributed by atoms with Crippen LogP contribution in [0.3, 0.4) is 0 Å². The fourth-order valence-corrected chi connectivity index (χ4v) is 6.58. The molecule has 2 aliphatic rings. The highest BCUT2D eigenvalue weighted by molar-refractivity contribution is 7.20. The first-order chi connectivity index (χ1) is 28.2. The number of likely N-dealkylation sites (N-methyl/N-ethyl adjacent to an activating group) is 1. The van der Waals surface area contributed by atoms with E-state index in [2.05, 4.69) is 90.5 Å². The molecule has 2 fully saturated rings. The van der Waals surface area contributed by atoms with Crippen molar-refractivity contribution in [1.29, 1.82) is 0 Å². The van der Waals surface area contributed by atoms with Gasteiger partial charge in [0.15, 0.2) is 4.96 Å². The van der Waals surface area contributed by atoms with E-state index in [1.807, 2.05) is 62.3 Å². The summed E-state index contributed by atoms with van der Waals surface area (Å²) in [5.41, 5.74) is 5.28. The predicted molar refractivity (Wildman–Crippen MR) is 230 cm³/mol. The number of nitrogens with zero attached hydrogens (tertiary/aromatic N) is 5. The summed E-state index contributed by atoms with van der Waals surface area (Å²) in [4.78, 5) is 67.5. The second-order valence-corrected chi connectivity index (χ2v) is 13.9. The van der Waals surface area contributed by atoms with Crippen molar-refractivity contribution in [3.63, 3.8) is 0 Å². The fourth-order valence-electron chi connectivity index (χ4n) is 5.76. The largest absolute Gasteiger partial charge is 0.471 e. The maximum atomic E-state index is 12.2. The van der Waals surface area contributed by atoms with Gasteiger partial charge in [0, 0.05) is 58.1 Å². The molecule has 0 spiro atoms. The summed E-state index contributed by atoms with van der Waals surface area (Å²) >= 11 is 1.64. The molecule has 5 heterocycles. The fraction of sp³-hybridized carbons (Fsp3) is 0.405. The van der Waals surface area contributed by atoms with Crippen molar-refractivity contribution in [1.82, 2.24) is 39.8 Å². The molecule has 15 nitrogen and oxygen atoms in total. The number of imidazole rings is 2. The SMILES string of the molecule is C=O.CC(=O)NCC(=O)N1CCCC1.CCC.CNC(C(=O)N1CCCC1)c1ccccc1.CNc1cn2cc(-c3ccc(-c4cnc[nH]4)cc3)nc2s1.COC=O. The second-order valence-electron chi connectivity index (χ2n) is 12.9. The van der Waals surface area contributed by atoms with E-state index in [1.165, 1.54) is 20.5 Å². The van der Waals surface area contributed by atoms with E-state index >= 15 is 0 Å². The van der Waals surface area contributed by atoms with Crippen LogP contribution in [0.15, 0.2) is 79.5 Å². The van der Waals surface area contributed by atoms with Crippen LogP contribution in [-0.4, -0.2) is 114 Å². The number of nitrogens with one attached hydrogen (secondary N) is 4. The zero-order valence-corrected chi connectivity index (χ0v) is 35.3. The average Bonchev–Trinajstić information content (AvgIpc) is 4.11. The van der Waals surface area contributed by atoms with Crippen LogP contribution in [0.2, 0.25) is 0 Å². The van der Waals surface area contributed by atoms with Gasteiger partial charge < -0.3 is 40.3 Å². The number of anilines is 1. The second kappa shape index (κ2) is 27.7. The number of fused-ring (bicyclic) bond motifs is 1. The zero-order chi connectivity index (χ0) is 42.7. The van der Waals surface area contributed by atoms with E-state index in [0.29, 0.717) is 6.47 Å². The van der Waals surface area contributed by atoms with E-state index in [1.54, 1.807) is 22.6 Å². The Bertz CT molecular complexity index is 1860. The Morgan fingerprint density at radius 2 is 1.48 bits per heavy atom. The van der Waals surface area contributed by atoms with Gasteiger partial charge in [-0.3, -0.25) is 23.6 Å². The van der Waals surface area contributed by atoms with Crippen molar-refractivity contribution in [2.24, 2.45) is 0 Å². The number of benzene rings is 2. The Kier molecular flexibility index (Phi) is 23.0. The molecule has 16 heteroatoms. The molecule has 0 bridgehead atoms.